The number of nitrogens with zero attached hydrogens (tertiary/aromatic N) is 3. The van der Waals surface area contributed by atoms with Crippen LogP contribution < -0.4 is 5.73 Å². The Morgan fingerprint density at radius 3 is 3.11 bits per heavy atom. The van der Waals surface area contributed by atoms with Crippen molar-refractivity contribution in [3.05, 3.63) is 22.8 Å². The van der Waals surface area contributed by atoms with Crippen LogP contribution in [0.3, 0.4) is 0 Å². The minimum Gasteiger partial charge on any atom is -0.382 e. The van der Waals surface area contributed by atoms with Gasteiger partial charge in [-0.3, -0.25) is 0 Å². The SMILES string of the molecule is Nc1ncnc2nc(-c3cc4c(s3)CCSC4)[nH]c12. The van der Waals surface area contributed by atoms with Gasteiger partial charge in [0.2, 0.25) is 0 Å². The van der Waals surface area contributed by atoms with Gasteiger partial charge in [0.1, 0.15) is 11.8 Å². The molecule has 3 aromatic rings. The minimum atomic E-state index is 0.445. The van der Waals surface area contributed by atoms with Crippen LogP contribution in [0.4, 0.5) is 5.82 Å². The average molecular weight is 289 g/mol. The van der Waals surface area contributed by atoms with Gasteiger partial charge in [-0.05, 0) is 23.8 Å². The average Bonchev–Trinajstić information content (AvgIpc) is 3.02. The molecule has 5 nitrogen and oxygen atoms in total. The molecular weight excluding hydrogens is 278 g/mol. The van der Waals surface area contributed by atoms with Crippen molar-refractivity contribution in [2.45, 2.75) is 12.2 Å². The molecule has 0 aliphatic carbocycles. The number of thioether (sulfide) groups is 1. The molecule has 96 valence electrons. The quantitative estimate of drug-likeness (QED) is 0.719. The normalized spacial score (nSPS) is 14.7. The fourth-order valence-corrected chi connectivity index (χ4v) is 4.54. The van der Waals surface area contributed by atoms with E-state index in [0.717, 1.165) is 28.4 Å². The molecular formula is C12H11N5S2. The van der Waals surface area contributed by atoms with Gasteiger partial charge in [-0.1, -0.05) is 0 Å². The van der Waals surface area contributed by atoms with E-state index in [1.165, 1.54) is 22.5 Å². The van der Waals surface area contributed by atoms with Crippen molar-refractivity contribution in [3.8, 4) is 10.7 Å². The maximum atomic E-state index is 5.82. The molecule has 0 saturated carbocycles. The zero-order chi connectivity index (χ0) is 12.8. The number of H-pyrrole nitrogens is 1. The van der Waals surface area contributed by atoms with Crippen molar-refractivity contribution < 1.29 is 0 Å². The Labute approximate surface area is 117 Å². The van der Waals surface area contributed by atoms with Crippen LogP contribution in [0, 0.1) is 0 Å². The van der Waals surface area contributed by atoms with E-state index >= 15 is 0 Å². The molecule has 0 spiro atoms. The molecule has 1 aliphatic rings. The maximum absolute atomic E-state index is 5.82. The number of thiophene rings is 1. The monoisotopic (exact) mass is 289 g/mol. The summed E-state index contributed by atoms with van der Waals surface area (Å²) in [4.78, 5) is 18.5. The lowest BCUT2D eigenvalue weighted by Crippen LogP contribution is -1.96. The second kappa shape index (κ2) is 4.21. The van der Waals surface area contributed by atoms with Gasteiger partial charge >= 0.3 is 0 Å². The highest BCUT2D eigenvalue weighted by Gasteiger charge is 2.17. The molecule has 0 unspecified atom stereocenters. The Hall–Kier alpha value is -1.60. The summed E-state index contributed by atoms with van der Waals surface area (Å²) in [5.74, 6) is 3.60. The van der Waals surface area contributed by atoms with E-state index in [0.29, 0.717) is 11.5 Å². The van der Waals surface area contributed by atoms with Crippen LogP contribution in [0.2, 0.25) is 0 Å². The predicted molar refractivity (Wildman–Crippen MR) is 79.3 cm³/mol. The molecule has 7 heteroatoms. The number of hydrogen-bond donors (Lipinski definition) is 2. The fourth-order valence-electron chi connectivity index (χ4n) is 2.23. The van der Waals surface area contributed by atoms with Gasteiger partial charge in [-0.25, -0.2) is 15.0 Å². The first kappa shape index (κ1) is 11.2. The predicted octanol–water partition coefficient (Wildman–Crippen LogP) is 2.45. The number of aromatic amines is 1. The number of hydrogen-bond acceptors (Lipinski definition) is 6. The van der Waals surface area contributed by atoms with Crippen LogP contribution in [-0.4, -0.2) is 25.7 Å². The van der Waals surface area contributed by atoms with E-state index in [1.807, 2.05) is 23.1 Å². The first-order valence-corrected chi connectivity index (χ1v) is 7.94. The topological polar surface area (TPSA) is 80.5 Å². The molecule has 1 aliphatic heterocycles. The largest absolute Gasteiger partial charge is 0.382 e. The summed E-state index contributed by atoms with van der Waals surface area (Å²) in [7, 11) is 0. The summed E-state index contributed by atoms with van der Waals surface area (Å²) in [5.41, 5.74) is 8.61. The molecule has 0 saturated heterocycles. The molecule has 0 fully saturated rings. The van der Waals surface area contributed by atoms with Crippen molar-refractivity contribution in [3.63, 3.8) is 0 Å². The highest BCUT2D eigenvalue weighted by Crippen LogP contribution is 2.36. The van der Waals surface area contributed by atoms with Crippen LogP contribution in [-0.2, 0) is 12.2 Å². The number of imidazole rings is 1. The molecule has 4 rings (SSSR count). The molecule has 0 amide bonds. The maximum Gasteiger partial charge on any atom is 0.183 e. The first-order chi connectivity index (χ1) is 9.31. The van der Waals surface area contributed by atoms with Crippen LogP contribution in [0.15, 0.2) is 12.4 Å². The first-order valence-electron chi connectivity index (χ1n) is 5.97. The zero-order valence-electron chi connectivity index (χ0n) is 10.0. The van der Waals surface area contributed by atoms with Crippen molar-refractivity contribution >= 4 is 40.1 Å². The summed E-state index contributed by atoms with van der Waals surface area (Å²) >= 11 is 3.80. The standard InChI is InChI=1S/C12H11N5S2/c13-10-9-12(15-5-14-10)17-11(16-9)8-3-6-4-18-2-1-7(6)19-8/h3,5H,1-2,4H2,(H3,13,14,15,16,17). The van der Waals surface area contributed by atoms with E-state index in [4.69, 9.17) is 5.73 Å². The molecule has 4 heterocycles. The smallest absolute Gasteiger partial charge is 0.183 e. The van der Waals surface area contributed by atoms with Gasteiger partial charge in [0.05, 0.1) is 4.88 Å². The number of nitrogen functional groups attached to an aromatic ring is 1. The molecule has 0 atom stereocenters. The Kier molecular flexibility index (Phi) is 2.49. The number of aryl methyl sites for hydroxylation is 1. The van der Waals surface area contributed by atoms with Crippen LogP contribution >= 0.6 is 23.1 Å². The number of rotatable bonds is 1. The lowest BCUT2D eigenvalue weighted by Gasteiger charge is -2.08. The number of aromatic nitrogens is 4. The summed E-state index contributed by atoms with van der Waals surface area (Å²) in [6.45, 7) is 0. The Bertz CT molecular complexity index is 737. The molecule has 3 N–H and O–H groups in total. The van der Waals surface area contributed by atoms with Crippen molar-refractivity contribution in [2.75, 3.05) is 11.5 Å². The lowest BCUT2D eigenvalue weighted by molar-refractivity contribution is 1.13. The summed E-state index contributed by atoms with van der Waals surface area (Å²) in [6.07, 6.45) is 2.60. The third-order valence-electron chi connectivity index (χ3n) is 3.18. The summed E-state index contributed by atoms with van der Waals surface area (Å²) < 4.78 is 0. The highest BCUT2D eigenvalue weighted by molar-refractivity contribution is 7.98. The Balaban J connectivity index is 1.85. The lowest BCUT2D eigenvalue weighted by atomic mass is 10.2. The van der Waals surface area contributed by atoms with Crippen LogP contribution in [0.5, 0.6) is 0 Å². The molecule has 19 heavy (non-hydrogen) atoms. The number of anilines is 1. The van der Waals surface area contributed by atoms with E-state index in [2.05, 4.69) is 26.0 Å². The Morgan fingerprint density at radius 2 is 2.26 bits per heavy atom. The third-order valence-corrected chi connectivity index (χ3v) is 5.43. The highest BCUT2D eigenvalue weighted by atomic mass is 32.2. The van der Waals surface area contributed by atoms with Gasteiger partial charge < -0.3 is 10.7 Å². The van der Waals surface area contributed by atoms with Crippen LogP contribution in [0.25, 0.3) is 21.9 Å². The second-order valence-corrected chi connectivity index (χ2v) is 6.65. The molecule has 3 aromatic heterocycles. The van der Waals surface area contributed by atoms with Gasteiger partial charge in [-0.15, -0.1) is 11.3 Å². The van der Waals surface area contributed by atoms with E-state index in [-0.39, 0.29) is 0 Å². The number of nitrogens with two attached hydrogens (primary N) is 1. The van der Waals surface area contributed by atoms with Gasteiger partial charge in [0.15, 0.2) is 17.3 Å². The molecule has 0 bridgehead atoms. The van der Waals surface area contributed by atoms with Gasteiger partial charge in [0.25, 0.3) is 0 Å². The van der Waals surface area contributed by atoms with E-state index in [9.17, 15) is 0 Å². The minimum absolute atomic E-state index is 0.445. The van der Waals surface area contributed by atoms with Crippen molar-refractivity contribution in [2.24, 2.45) is 0 Å². The fraction of sp³-hybridized carbons (Fsp3) is 0.250. The second-order valence-electron chi connectivity index (χ2n) is 4.40. The summed E-state index contributed by atoms with van der Waals surface area (Å²) in [6, 6.07) is 2.23. The van der Waals surface area contributed by atoms with Crippen molar-refractivity contribution in [1.82, 2.24) is 19.9 Å². The number of fused-ring (bicyclic) bond motifs is 2. The van der Waals surface area contributed by atoms with Crippen molar-refractivity contribution in [1.29, 1.82) is 0 Å². The van der Waals surface area contributed by atoms with Gasteiger partial charge in [-0.2, -0.15) is 11.8 Å². The number of nitrogens with one attached hydrogen (secondary N) is 1. The third kappa shape index (κ3) is 1.81. The zero-order valence-corrected chi connectivity index (χ0v) is 11.6. The molecule has 0 aromatic carbocycles. The molecule has 0 radical (unpaired) electrons. The summed E-state index contributed by atoms with van der Waals surface area (Å²) in [5, 5.41) is 0. The van der Waals surface area contributed by atoms with Crippen LogP contribution in [0.1, 0.15) is 10.4 Å². The van der Waals surface area contributed by atoms with E-state index in [1.54, 1.807) is 0 Å². The Morgan fingerprint density at radius 1 is 1.32 bits per heavy atom. The van der Waals surface area contributed by atoms with Gasteiger partial charge in [0, 0.05) is 10.6 Å². The van der Waals surface area contributed by atoms with E-state index < -0.39 is 0 Å².